The Morgan fingerprint density at radius 3 is 3.10 bits per heavy atom. The number of hydrogen-bond donors (Lipinski definition) is 2. The van der Waals surface area contributed by atoms with E-state index in [2.05, 4.69) is 30.4 Å². The minimum atomic E-state index is -2.51. The van der Waals surface area contributed by atoms with E-state index in [4.69, 9.17) is 5.26 Å². The highest BCUT2D eigenvalue weighted by Gasteiger charge is 2.22. The lowest BCUT2D eigenvalue weighted by Crippen LogP contribution is -2.29. The summed E-state index contributed by atoms with van der Waals surface area (Å²) in [4.78, 5) is 16.3. The van der Waals surface area contributed by atoms with E-state index < -0.39 is 13.0 Å². The molecule has 4 rings (SSSR count). The number of rotatable bonds is 7. The van der Waals surface area contributed by atoms with E-state index in [9.17, 15) is 8.78 Å². The van der Waals surface area contributed by atoms with Crippen molar-refractivity contribution in [1.82, 2.24) is 24.7 Å². The van der Waals surface area contributed by atoms with Crippen molar-refractivity contribution >= 4 is 12.0 Å². The van der Waals surface area contributed by atoms with Gasteiger partial charge in [-0.05, 0) is 18.2 Å². The summed E-state index contributed by atoms with van der Waals surface area (Å²) in [6, 6.07) is 5.65. The Morgan fingerprint density at radius 2 is 2.28 bits per heavy atom. The van der Waals surface area contributed by atoms with Crippen LogP contribution in [0.1, 0.15) is 18.0 Å². The number of nitrogens with zero attached hydrogens (tertiary/aromatic N) is 6. The molecule has 4 heterocycles. The van der Waals surface area contributed by atoms with Crippen LogP contribution in [0.2, 0.25) is 0 Å². The zero-order chi connectivity index (χ0) is 20.2. The van der Waals surface area contributed by atoms with Crippen LogP contribution in [0.25, 0.3) is 17.3 Å². The fraction of sp³-hybridized carbons (Fsp3) is 0.316. The smallest absolute Gasteiger partial charge is 0.257 e. The van der Waals surface area contributed by atoms with Gasteiger partial charge in [-0.25, -0.2) is 18.7 Å². The van der Waals surface area contributed by atoms with Crippen LogP contribution in [0.15, 0.2) is 35.7 Å². The first-order valence-corrected chi connectivity index (χ1v) is 9.13. The van der Waals surface area contributed by atoms with Crippen LogP contribution in [0.4, 0.5) is 14.7 Å². The third-order valence-corrected chi connectivity index (χ3v) is 4.50. The lowest BCUT2D eigenvalue weighted by Gasteiger charge is -2.12. The van der Waals surface area contributed by atoms with Gasteiger partial charge in [-0.2, -0.15) is 10.4 Å². The molecule has 0 aliphatic carbocycles. The second-order valence-electron chi connectivity index (χ2n) is 6.53. The summed E-state index contributed by atoms with van der Waals surface area (Å²) in [5.41, 5.74) is 1.86. The molecule has 1 unspecified atom stereocenters. The summed E-state index contributed by atoms with van der Waals surface area (Å²) < 4.78 is 27.1. The summed E-state index contributed by atoms with van der Waals surface area (Å²) in [6.07, 6.45) is 4.80. The minimum absolute atomic E-state index is 0.167. The van der Waals surface area contributed by atoms with Gasteiger partial charge in [0.15, 0.2) is 0 Å². The lowest BCUT2D eigenvalue weighted by atomic mass is 9.98. The number of halogens is 2. The fourth-order valence-electron chi connectivity index (χ4n) is 3.23. The number of fused-ring (bicyclic) bond motifs is 1. The van der Waals surface area contributed by atoms with E-state index in [1.807, 2.05) is 24.4 Å². The van der Waals surface area contributed by atoms with Crippen LogP contribution < -0.4 is 16.0 Å². The van der Waals surface area contributed by atoms with E-state index in [1.54, 1.807) is 18.5 Å². The molecule has 1 aliphatic rings. The van der Waals surface area contributed by atoms with E-state index in [1.165, 1.54) is 4.68 Å². The van der Waals surface area contributed by atoms with Crippen LogP contribution in [0.3, 0.4) is 0 Å². The summed E-state index contributed by atoms with van der Waals surface area (Å²) in [5, 5.41) is 17.8. The molecule has 2 N–H and O–H groups in total. The number of aromatic amines is 1. The number of H-pyrrole nitrogens is 1. The topological polar surface area (TPSA) is 108 Å². The van der Waals surface area contributed by atoms with Gasteiger partial charge in [0.25, 0.3) is 6.43 Å². The molecule has 148 valence electrons. The summed E-state index contributed by atoms with van der Waals surface area (Å²) in [7, 11) is 0. The van der Waals surface area contributed by atoms with Crippen LogP contribution in [0, 0.1) is 11.3 Å². The molecule has 29 heavy (non-hydrogen) atoms. The van der Waals surface area contributed by atoms with Gasteiger partial charge in [0, 0.05) is 36.6 Å². The van der Waals surface area contributed by atoms with Gasteiger partial charge in [0.1, 0.15) is 6.54 Å². The number of anilines is 1. The predicted molar refractivity (Wildman–Crippen MR) is 102 cm³/mol. The Balaban J connectivity index is 1.72. The SMILES string of the molecule is N#CCCNc1nccc(-c2cn(CC(F)F)nc2C2C=c3[nH]ccc3=NC2)n1. The molecule has 0 spiro atoms. The number of nitrogens with one attached hydrogen (secondary N) is 2. The van der Waals surface area contributed by atoms with Gasteiger partial charge in [-0.15, -0.1) is 0 Å². The molecule has 0 bridgehead atoms. The molecule has 0 amide bonds. The largest absolute Gasteiger partial charge is 0.360 e. The van der Waals surface area contributed by atoms with E-state index in [0.29, 0.717) is 42.4 Å². The molecule has 8 nitrogen and oxygen atoms in total. The highest BCUT2D eigenvalue weighted by atomic mass is 19.3. The quantitative estimate of drug-likeness (QED) is 0.588. The highest BCUT2D eigenvalue weighted by molar-refractivity contribution is 5.65. The zero-order valence-corrected chi connectivity index (χ0v) is 15.4. The first kappa shape index (κ1) is 18.7. The molecule has 0 radical (unpaired) electrons. The average Bonchev–Trinajstić information content (AvgIpc) is 3.34. The zero-order valence-electron chi connectivity index (χ0n) is 15.4. The molecule has 10 heteroatoms. The van der Waals surface area contributed by atoms with Crippen molar-refractivity contribution in [2.24, 2.45) is 4.99 Å². The first-order valence-electron chi connectivity index (χ1n) is 9.13. The molecule has 3 aromatic rings. The Bertz CT molecular complexity index is 1160. The van der Waals surface area contributed by atoms with Crippen molar-refractivity contribution in [3.8, 4) is 17.3 Å². The third kappa shape index (κ3) is 4.13. The molecule has 3 aromatic heterocycles. The van der Waals surface area contributed by atoms with Gasteiger partial charge in [-0.1, -0.05) is 0 Å². The van der Waals surface area contributed by atoms with E-state index in [-0.39, 0.29) is 5.92 Å². The molecule has 0 saturated heterocycles. The Labute approximate surface area is 164 Å². The maximum Gasteiger partial charge on any atom is 0.257 e. The average molecular weight is 396 g/mol. The second-order valence-corrected chi connectivity index (χ2v) is 6.53. The molecule has 0 aromatic carbocycles. The van der Waals surface area contributed by atoms with Crippen molar-refractivity contribution in [3.05, 3.63) is 47.1 Å². The summed E-state index contributed by atoms with van der Waals surface area (Å²) in [5.74, 6) is 0.203. The number of alkyl halides is 2. The van der Waals surface area contributed by atoms with Crippen molar-refractivity contribution in [2.45, 2.75) is 25.3 Å². The molecule has 1 aliphatic heterocycles. The van der Waals surface area contributed by atoms with Crippen molar-refractivity contribution in [2.75, 3.05) is 18.4 Å². The van der Waals surface area contributed by atoms with E-state index in [0.717, 1.165) is 10.7 Å². The Hall–Kier alpha value is -3.61. The number of hydrogen-bond acceptors (Lipinski definition) is 6. The molecular formula is C19H18F2N8. The Kier molecular flexibility index (Phi) is 5.29. The Morgan fingerprint density at radius 1 is 1.38 bits per heavy atom. The molecular weight excluding hydrogens is 378 g/mol. The van der Waals surface area contributed by atoms with Gasteiger partial charge in [-0.3, -0.25) is 9.67 Å². The van der Waals surface area contributed by atoms with Crippen LogP contribution in [-0.2, 0) is 6.54 Å². The van der Waals surface area contributed by atoms with Crippen molar-refractivity contribution in [3.63, 3.8) is 0 Å². The normalized spacial score (nSPS) is 15.3. The monoisotopic (exact) mass is 396 g/mol. The standard InChI is InChI=1S/C19H18F2N8/c20-17(21)11-29-10-13(14-2-7-25-19(27-14)24-5-1-4-22)18(28-29)12-8-16-15(26-9-12)3-6-23-16/h2-3,6-8,10,12,17,23H,1,5,9,11H2,(H,24,25,27). The maximum atomic E-state index is 12.9. The summed E-state index contributed by atoms with van der Waals surface area (Å²) in [6.45, 7) is 0.396. The highest BCUT2D eigenvalue weighted by Crippen LogP contribution is 2.29. The lowest BCUT2D eigenvalue weighted by molar-refractivity contribution is 0.121. The third-order valence-electron chi connectivity index (χ3n) is 4.50. The van der Waals surface area contributed by atoms with Crippen LogP contribution >= 0.6 is 0 Å². The number of aromatic nitrogens is 5. The first-order chi connectivity index (χ1) is 14.1. The summed E-state index contributed by atoms with van der Waals surface area (Å²) >= 11 is 0. The van der Waals surface area contributed by atoms with E-state index >= 15 is 0 Å². The van der Waals surface area contributed by atoms with Crippen molar-refractivity contribution < 1.29 is 8.78 Å². The fourth-order valence-corrected chi connectivity index (χ4v) is 3.23. The molecule has 0 fully saturated rings. The minimum Gasteiger partial charge on any atom is -0.360 e. The van der Waals surface area contributed by atoms with Gasteiger partial charge in [0.2, 0.25) is 5.95 Å². The van der Waals surface area contributed by atoms with Gasteiger partial charge < -0.3 is 10.3 Å². The molecule has 1 atom stereocenters. The van der Waals surface area contributed by atoms with Crippen LogP contribution in [-0.4, -0.2) is 44.2 Å². The predicted octanol–water partition coefficient (Wildman–Crippen LogP) is 1.46. The number of nitriles is 1. The van der Waals surface area contributed by atoms with Gasteiger partial charge >= 0.3 is 0 Å². The maximum absolute atomic E-state index is 12.9. The molecule has 0 saturated carbocycles. The second kappa shape index (κ2) is 8.18. The van der Waals surface area contributed by atoms with Gasteiger partial charge in [0.05, 0.1) is 41.1 Å². The van der Waals surface area contributed by atoms with Crippen LogP contribution in [0.5, 0.6) is 0 Å². The van der Waals surface area contributed by atoms with Crippen molar-refractivity contribution in [1.29, 1.82) is 5.26 Å².